The van der Waals surface area contributed by atoms with E-state index in [1.807, 2.05) is 67.7 Å². The van der Waals surface area contributed by atoms with Gasteiger partial charge in [-0.15, -0.1) is 0 Å². The molecule has 2 aromatic carbocycles. The highest BCUT2D eigenvalue weighted by Crippen LogP contribution is 2.33. The van der Waals surface area contributed by atoms with Crippen molar-refractivity contribution in [3.8, 4) is 0 Å². The molecule has 0 spiro atoms. The smallest absolute Gasteiger partial charge is 0.241 e. The highest BCUT2D eigenvalue weighted by molar-refractivity contribution is 7.99. The van der Waals surface area contributed by atoms with Crippen LogP contribution in [0.5, 0.6) is 0 Å². The maximum atomic E-state index is 13.0. The number of hydrogen-bond donors (Lipinski definition) is 1. The average molecular weight is 433 g/mol. The van der Waals surface area contributed by atoms with Crippen LogP contribution < -0.4 is 5.32 Å². The van der Waals surface area contributed by atoms with Gasteiger partial charge in [-0.2, -0.15) is 0 Å². The second kappa shape index (κ2) is 10.6. The number of aromatic nitrogens is 1. The highest BCUT2D eigenvalue weighted by atomic mass is 32.2. The van der Waals surface area contributed by atoms with E-state index in [-0.39, 0.29) is 11.9 Å². The lowest BCUT2D eigenvalue weighted by atomic mass is 10.2. The van der Waals surface area contributed by atoms with Crippen molar-refractivity contribution in [1.82, 2.24) is 14.8 Å². The molecular weight excluding hydrogens is 404 g/mol. The third kappa shape index (κ3) is 5.94. The van der Waals surface area contributed by atoms with Crippen LogP contribution in [0.4, 0.5) is 5.69 Å². The molecule has 2 heterocycles. The number of pyridine rings is 1. The number of hydrogen-bond acceptors (Lipinski definition) is 5. The standard InChI is InChI=1S/C25H28N4OS/c1-20(29-17-15-28(16-18-29)19-21-9-7-8-14-26-21)25(30)27-23-12-5-6-13-24(23)31-22-10-3-2-4-11-22/h2-14,20H,15-19H2,1H3,(H,27,30). The molecule has 1 aromatic heterocycles. The molecule has 0 saturated carbocycles. The molecule has 5 nitrogen and oxygen atoms in total. The van der Waals surface area contributed by atoms with Crippen LogP contribution in [0, 0.1) is 0 Å². The molecular formula is C25H28N4OS. The first-order valence-electron chi connectivity index (χ1n) is 10.7. The summed E-state index contributed by atoms with van der Waals surface area (Å²) in [5.41, 5.74) is 1.95. The van der Waals surface area contributed by atoms with E-state index in [0.717, 1.165) is 53.9 Å². The Labute approximate surface area is 188 Å². The Morgan fingerprint density at radius 2 is 1.68 bits per heavy atom. The number of nitrogens with zero attached hydrogens (tertiary/aromatic N) is 3. The molecule has 31 heavy (non-hydrogen) atoms. The molecule has 1 unspecified atom stereocenters. The van der Waals surface area contributed by atoms with Gasteiger partial charge in [0.1, 0.15) is 0 Å². The summed E-state index contributed by atoms with van der Waals surface area (Å²) in [5.74, 6) is 0.0410. The lowest BCUT2D eigenvalue weighted by Gasteiger charge is -2.37. The molecule has 0 bridgehead atoms. The third-order valence-corrected chi connectivity index (χ3v) is 6.65. The summed E-state index contributed by atoms with van der Waals surface area (Å²) in [5, 5.41) is 3.15. The van der Waals surface area contributed by atoms with Crippen LogP contribution in [0.3, 0.4) is 0 Å². The average Bonchev–Trinajstić information content (AvgIpc) is 2.82. The summed E-state index contributed by atoms with van der Waals surface area (Å²) in [6.45, 7) is 6.49. The molecule has 0 aliphatic carbocycles. The Kier molecular flexibility index (Phi) is 7.35. The molecule has 1 aliphatic rings. The number of carbonyl (C=O) groups excluding carboxylic acids is 1. The molecule has 1 aliphatic heterocycles. The second-order valence-corrected chi connectivity index (χ2v) is 8.83. The predicted octanol–water partition coefficient (Wildman–Crippen LogP) is 4.38. The molecule has 4 rings (SSSR count). The van der Waals surface area contributed by atoms with E-state index in [9.17, 15) is 4.79 Å². The summed E-state index contributed by atoms with van der Waals surface area (Å²) in [6.07, 6.45) is 1.84. The van der Waals surface area contributed by atoms with Crippen molar-refractivity contribution in [3.05, 3.63) is 84.7 Å². The Hall–Kier alpha value is -2.67. The predicted molar refractivity (Wildman–Crippen MR) is 126 cm³/mol. The summed E-state index contributed by atoms with van der Waals surface area (Å²) < 4.78 is 0. The van der Waals surface area contributed by atoms with Gasteiger partial charge >= 0.3 is 0 Å². The lowest BCUT2D eigenvalue weighted by Crippen LogP contribution is -2.52. The van der Waals surface area contributed by atoms with Gasteiger partial charge in [0.2, 0.25) is 5.91 Å². The minimum absolute atomic E-state index is 0.0410. The minimum atomic E-state index is -0.174. The van der Waals surface area contributed by atoms with Crippen molar-refractivity contribution >= 4 is 23.4 Å². The van der Waals surface area contributed by atoms with Crippen LogP contribution in [-0.4, -0.2) is 52.9 Å². The van der Waals surface area contributed by atoms with Gasteiger partial charge in [-0.3, -0.25) is 19.6 Å². The number of piperazine rings is 1. The fourth-order valence-corrected chi connectivity index (χ4v) is 4.63. The number of anilines is 1. The zero-order chi connectivity index (χ0) is 21.5. The number of rotatable bonds is 7. The van der Waals surface area contributed by atoms with Gasteiger partial charge in [-0.1, -0.05) is 48.2 Å². The quantitative estimate of drug-likeness (QED) is 0.601. The van der Waals surface area contributed by atoms with Gasteiger partial charge in [-0.25, -0.2) is 0 Å². The molecule has 1 saturated heterocycles. The Morgan fingerprint density at radius 3 is 2.42 bits per heavy atom. The molecule has 1 atom stereocenters. The van der Waals surface area contributed by atoms with Crippen LogP contribution in [0.1, 0.15) is 12.6 Å². The fraction of sp³-hybridized carbons (Fsp3) is 0.280. The van der Waals surface area contributed by atoms with E-state index >= 15 is 0 Å². The van der Waals surface area contributed by atoms with Gasteiger partial charge in [-0.05, 0) is 43.3 Å². The van der Waals surface area contributed by atoms with Crippen molar-refractivity contribution < 1.29 is 4.79 Å². The number of amides is 1. The topological polar surface area (TPSA) is 48.5 Å². The van der Waals surface area contributed by atoms with Crippen molar-refractivity contribution in [2.75, 3.05) is 31.5 Å². The van der Waals surface area contributed by atoms with Gasteiger partial charge in [0.15, 0.2) is 0 Å². The van der Waals surface area contributed by atoms with E-state index in [1.54, 1.807) is 11.8 Å². The normalized spacial score (nSPS) is 16.0. The van der Waals surface area contributed by atoms with E-state index in [4.69, 9.17) is 0 Å². The number of para-hydroxylation sites is 1. The number of carbonyl (C=O) groups is 1. The van der Waals surface area contributed by atoms with Crippen molar-refractivity contribution in [2.45, 2.75) is 29.3 Å². The highest BCUT2D eigenvalue weighted by Gasteiger charge is 2.26. The zero-order valence-electron chi connectivity index (χ0n) is 17.8. The minimum Gasteiger partial charge on any atom is -0.324 e. The van der Waals surface area contributed by atoms with Crippen LogP contribution in [-0.2, 0) is 11.3 Å². The SMILES string of the molecule is CC(C(=O)Nc1ccccc1Sc1ccccc1)N1CCN(Cc2ccccn2)CC1. The molecule has 0 radical (unpaired) electrons. The molecule has 1 fully saturated rings. The fourth-order valence-electron chi connectivity index (χ4n) is 3.71. The van der Waals surface area contributed by atoms with Gasteiger partial charge in [0, 0.05) is 48.7 Å². The van der Waals surface area contributed by atoms with Gasteiger partial charge in [0.05, 0.1) is 17.4 Å². The monoisotopic (exact) mass is 432 g/mol. The Balaban J connectivity index is 1.32. The molecule has 1 N–H and O–H groups in total. The van der Waals surface area contributed by atoms with E-state index in [1.165, 1.54) is 0 Å². The number of benzene rings is 2. The Morgan fingerprint density at radius 1 is 0.968 bits per heavy atom. The van der Waals surface area contributed by atoms with Gasteiger partial charge in [0.25, 0.3) is 0 Å². The summed E-state index contributed by atoms with van der Waals surface area (Å²) in [7, 11) is 0. The van der Waals surface area contributed by atoms with E-state index in [2.05, 4.69) is 38.3 Å². The van der Waals surface area contributed by atoms with E-state index in [0.29, 0.717) is 0 Å². The number of nitrogens with one attached hydrogen (secondary N) is 1. The van der Waals surface area contributed by atoms with Crippen molar-refractivity contribution in [1.29, 1.82) is 0 Å². The maximum Gasteiger partial charge on any atom is 0.241 e. The first-order valence-corrected chi connectivity index (χ1v) is 11.5. The largest absolute Gasteiger partial charge is 0.324 e. The van der Waals surface area contributed by atoms with Crippen LogP contribution in [0.2, 0.25) is 0 Å². The molecule has 6 heteroatoms. The summed E-state index contributed by atoms with van der Waals surface area (Å²) in [4.78, 5) is 24.3. The van der Waals surface area contributed by atoms with Crippen LogP contribution >= 0.6 is 11.8 Å². The van der Waals surface area contributed by atoms with E-state index < -0.39 is 0 Å². The van der Waals surface area contributed by atoms with Crippen LogP contribution in [0.15, 0.2) is 88.8 Å². The molecule has 1 amide bonds. The lowest BCUT2D eigenvalue weighted by molar-refractivity contribution is -0.121. The summed E-state index contributed by atoms with van der Waals surface area (Å²) >= 11 is 1.66. The zero-order valence-corrected chi connectivity index (χ0v) is 18.6. The van der Waals surface area contributed by atoms with Gasteiger partial charge < -0.3 is 5.32 Å². The maximum absolute atomic E-state index is 13.0. The van der Waals surface area contributed by atoms with Crippen molar-refractivity contribution in [3.63, 3.8) is 0 Å². The first kappa shape index (κ1) is 21.6. The summed E-state index contributed by atoms with van der Waals surface area (Å²) in [6, 6.07) is 24.1. The molecule has 160 valence electrons. The first-order chi connectivity index (χ1) is 15.2. The van der Waals surface area contributed by atoms with Crippen LogP contribution in [0.25, 0.3) is 0 Å². The molecule has 3 aromatic rings. The Bertz CT molecular complexity index is 975. The third-order valence-electron chi connectivity index (χ3n) is 5.56. The second-order valence-electron chi connectivity index (χ2n) is 7.71. The van der Waals surface area contributed by atoms with Crippen molar-refractivity contribution in [2.24, 2.45) is 0 Å².